The molecule has 2 bridgehead atoms. The zero-order valence-corrected chi connectivity index (χ0v) is 11.3. The summed E-state index contributed by atoms with van der Waals surface area (Å²) < 4.78 is 0. The van der Waals surface area contributed by atoms with E-state index in [0.717, 1.165) is 36.3 Å². The van der Waals surface area contributed by atoms with Crippen LogP contribution in [0.2, 0.25) is 0 Å². The fraction of sp³-hybridized carbons (Fsp3) is 0.643. The molecule has 2 saturated heterocycles. The summed E-state index contributed by atoms with van der Waals surface area (Å²) in [6.45, 7) is 4.19. The van der Waals surface area contributed by atoms with Gasteiger partial charge in [0.05, 0.1) is 11.4 Å². The summed E-state index contributed by atoms with van der Waals surface area (Å²) in [5.74, 6) is 1.09. The molecule has 4 heteroatoms. The summed E-state index contributed by atoms with van der Waals surface area (Å²) >= 11 is 0. The third kappa shape index (κ3) is 1.94. The van der Waals surface area contributed by atoms with Gasteiger partial charge in [0.2, 0.25) is 0 Å². The van der Waals surface area contributed by atoms with Gasteiger partial charge in [0, 0.05) is 25.2 Å². The highest BCUT2D eigenvalue weighted by atomic mass is 15.3. The van der Waals surface area contributed by atoms with Gasteiger partial charge in [-0.05, 0) is 45.4 Å². The summed E-state index contributed by atoms with van der Waals surface area (Å²) in [6.07, 6.45) is 3.94. The smallest absolute Gasteiger partial charge is 0.129 e. The fourth-order valence-electron chi connectivity index (χ4n) is 3.25. The van der Waals surface area contributed by atoms with Gasteiger partial charge in [0.15, 0.2) is 0 Å². The van der Waals surface area contributed by atoms with Gasteiger partial charge in [-0.15, -0.1) is 0 Å². The molecule has 0 aromatic carbocycles. The van der Waals surface area contributed by atoms with Crippen LogP contribution in [0.25, 0.3) is 0 Å². The molecule has 0 amide bonds. The summed E-state index contributed by atoms with van der Waals surface area (Å²) in [5, 5.41) is 0. The van der Waals surface area contributed by atoms with Crippen molar-refractivity contribution in [2.75, 3.05) is 30.8 Å². The predicted molar refractivity (Wildman–Crippen MR) is 74.8 cm³/mol. The molecule has 98 valence electrons. The first-order valence-corrected chi connectivity index (χ1v) is 6.85. The largest absolute Gasteiger partial charge is 0.397 e. The lowest BCUT2D eigenvalue weighted by Gasteiger charge is -2.27. The van der Waals surface area contributed by atoms with E-state index >= 15 is 0 Å². The quantitative estimate of drug-likeness (QED) is 0.818. The first-order chi connectivity index (χ1) is 8.65. The molecule has 4 nitrogen and oxygen atoms in total. The van der Waals surface area contributed by atoms with E-state index in [4.69, 9.17) is 5.73 Å². The average Bonchev–Trinajstić information content (AvgIpc) is 2.57. The molecule has 18 heavy (non-hydrogen) atoms. The van der Waals surface area contributed by atoms with Crippen LogP contribution in [0.5, 0.6) is 0 Å². The molecule has 0 saturated carbocycles. The lowest BCUT2D eigenvalue weighted by molar-refractivity contribution is 0.254. The van der Waals surface area contributed by atoms with Crippen molar-refractivity contribution in [2.45, 2.75) is 38.3 Å². The number of rotatable bonds is 1. The Morgan fingerprint density at radius 1 is 1.22 bits per heavy atom. The fourth-order valence-corrected chi connectivity index (χ4v) is 3.25. The number of aryl methyl sites for hydroxylation is 1. The van der Waals surface area contributed by atoms with Crippen LogP contribution in [0.15, 0.2) is 12.1 Å². The van der Waals surface area contributed by atoms with Crippen molar-refractivity contribution in [1.29, 1.82) is 0 Å². The number of aromatic nitrogens is 1. The zero-order chi connectivity index (χ0) is 12.7. The van der Waals surface area contributed by atoms with Crippen molar-refractivity contribution in [3.05, 3.63) is 17.8 Å². The Hall–Kier alpha value is -1.29. The number of likely N-dealkylation sites (N-methyl/N-ethyl adjacent to an activating group) is 1. The van der Waals surface area contributed by atoms with Gasteiger partial charge < -0.3 is 10.6 Å². The summed E-state index contributed by atoms with van der Waals surface area (Å²) in [4.78, 5) is 9.61. The molecule has 2 aliphatic rings. The van der Waals surface area contributed by atoms with Gasteiger partial charge in [-0.1, -0.05) is 0 Å². The van der Waals surface area contributed by atoms with Crippen LogP contribution >= 0.6 is 0 Å². The number of anilines is 2. The number of pyridine rings is 1. The van der Waals surface area contributed by atoms with E-state index in [1.165, 1.54) is 19.3 Å². The Morgan fingerprint density at radius 2 is 2.00 bits per heavy atom. The van der Waals surface area contributed by atoms with Crippen LogP contribution in [0, 0.1) is 6.92 Å². The topological polar surface area (TPSA) is 45.4 Å². The van der Waals surface area contributed by atoms with Crippen LogP contribution in [-0.2, 0) is 0 Å². The highest BCUT2D eigenvalue weighted by Crippen LogP contribution is 2.30. The highest BCUT2D eigenvalue weighted by molar-refractivity contribution is 5.50. The van der Waals surface area contributed by atoms with Crippen LogP contribution in [0.1, 0.15) is 25.0 Å². The maximum atomic E-state index is 5.84. The predicted octanol–water partition coefficient (Wildman–Crippen LogP) is 1.65. The molecule has 3 rings (SSSR count). The van der Waals surface area contributed by atoms with Gasteiger partial charge >= 0.3 is 0 Å². The first kappa shape index (κ1) is 11.8. The first-order valence-electron chi connectivity index (χ1n) is 6.85. The number of hydrogen-bond donors (Lipinski definition) is 1. The van der Waals surface area contributed by atoms with Crippen molar-refractivity contribution in [1.82, 2.24) is 9.88 Å². The van der Waals surface area contributed by atoms with E-state index in [1.807, 2.05) is 13.0 Å². The number of nitrogens with zero attached hydrogens (tertiary/aromatic N) is 3. The van der Waals surface area contributed by atoms with Gasteiger partial charge in [0.1, 0.15) is 5.82 Å². The van der Waals surface area contributed by atoms with Crippen molar-refractivity contribution in [3.63, 3.8) is 0 Å². The van der Waals surface area contributed by atoms with Crippen LogP contribution < -0.4 is 10.6 Å². The maximum Gasteiger partial charge on any atom is 0.129 e. The van der Waals surface area contributed by atoms with Crippen LogP contribution in [0.3, 0.4) is 0 Å². The summed E-state index contributed by atoms with van der Waals surface area (Å²) in [6, 6.07) is 5.50. The normalized spacial score (nSPS) is 28.4. The number of hydrogen-bond acceptors (Lipinski definition) is 4. The molecular formula is C14H22N4. The molecule has 2 N–H and O–H groups in total. The minimum Gasteiger partial charge on any atom is -0.397 e. The molecular weight excluding hydrogens is 224 g/mol. The minimum atomic E-state index is 0.692. The lowest BCUT2D eigenvalue weighted by atomic mass is 10.1. The molecule has 2 fully saturated rings. The molecule has 3 heterocycles. The van der Waals surface area contributed by atoms with E-state index in [0.29, 0.717) is 6.04 Å². The van der Waals surface area contributed by atoms with Gasteiger partial charge in [-0.3, -0.25) is 4.90 Å². The van der Waals surface area contributed by atoms with E-state index < -0.39 is 0 Å². The second-order valence-corrected chi connectivity index (χ2v) is 5.63. The van der Waals surface area contributed by atoms with Crippen molar-refractivity contribution in [3.8, 4) is 0 Å². The molecule has 0 spiro atoms. The third-order valence-corrected chi connectivity index (χ3v) is 4.58. The second kappa shape index (κ2) is 4.43. The molecule has 1 aromatic rings. The summed E-state index contributed by atoms with van der Waals surface area (Å²) in [7, 11) is 2.27. The minimum absolute atomic E-state index is 0.692. The van der Waals surface area contributed by atoms with Crippen molar-refractivity contribution in [2.24, 2.45) is 0 Å². The number of nitrogen functional groups attached to an aromatic ring is 1. The van der Waals surface area contributed by atoms with Crippen molar-refractivity contribution >= 4 is 11.5 Å². The zero-order valence-electron chi connectivity index (χ0n) is 11.3. The molecule has 2 atom stereocenters. The van der Waals surface area contributed by atoms with Gasteiger partial charge in [-0.2, -0.15) is 0 Å². The molecule has 2 unspecified atom stereocenters. The summed E-state index contributed by atoms with van der Waals surface area (Å²) in [5.41, 5.74) is 7.57. The van der Waals surface area contributed by atoms with Crippen LogP contribution in [-0.4, -0.2) is 42.1 Å². The average molecular weight is 246 g/mol. The van der Waals surface area contributed by atoms with Crippen molar-refractivity contribution < 1.29 is 0 Å². The number of nitrogens with two attached hydrogens (primary N) is 1. The maximum absolute atomic E-state index is 5.84. The molecule has 2 aliphatic heterocycles. The monoisotopic (exact) mass is 246 g/mol. The Bertz CT molecular complexity index is 445. The SMILES string of the molecule is Cc1nc(N2CCC3CCC(C2)N3C)ccc1N. The Labute approximate surface area is 109 Å². The van der Waals surface area contributed by atoms with E-state index in [9.17, 15) is 0 Å². The molecule has 0 aliphatic carbocycles. The second-order valence-electron chi connectivity index (χ2n) is 5.63. The standard InChI is InChI=1S/C14H22N4/c1-10-13(15)5-6-14(16-10)18-8-7-11-3-4-12(9-18)17(11)2/h5-6,11-12H,3-4,7-9,15H2,1-2H3. The lowest BCUT2D eigenvalue weighted by Crippen LogP contribution is -2.37. The van der Waals surface area contributed by atoms with E-state index in [-0.39, 0.29) is 0 Å². The molecule has 0 radical (unpaired) electrons. The Balaban J connectivity index is 1.82. The van der Waals surface area contributed by atoms with E-state index in [1.54, 1.807) is 0 Å². The Morgan fingerprint density at radius 3 is 2.78 bits per heavy atom. The van der Waals surface area contributed by atoms with Gasteiger partial charge in [-0.25, -0.2) is 4.98 Å². The number of fused-ring (bicyclic) bond motifs is 2. The molecule has 1 aromatic heterocycles. The third-order valence-electron chi connectivity index (χ3n) is 4.58. The van der Waals surface area contributed by atoms with Crippen LogP contribution in [0.4, 0.5) is 11.5 Å². The Kier molecular flexibility index (Phi) is 2.90. The highest BCUT2D eigenvalue weighted by Gasteiger charge is 2.34. The van der Waals surface area contributed by atoms with Gasteiger partial charge in [0.25, 0.3) is 0 Å². The van der Waals surface area contributed by atoms with E-state index in [2.05, 4.69) is 27.9 Å².